The molecule has 1 aromatic heterocycles. The molecule has 0 atom stereocenters. The van der Waals surface area contributed by atoms with E-state index < -0.39 is 0 Å². The second kappa shape index (κ2) is 6.26. The van der Waals surface area contributed by atoms with E-state index in [1.165, 1.54) is 0 Å². The van der Waals surface area contributed by atoms with E-state index in [9.17, 15) is 4.39 Å². The van der Waals surface area contributed by atoms with E-state index >= 15 is 0 Å². The molecule has 0 aliphatic carbocycles. The van der Waals surface area contributed by atoms with Gasteiger partial charge in [-0.25, -0.2) is 4.39 Å². The molecular weight excluding hydrogens is 227 g/mol. The lowest BCUT2D eigenvalue weighted by atomic mass is 10.0. The van der Waals surface area contributed by atoms with E-state index in [4.69, 9.17) is 0 Å². The number of nitrogens with zero attached hydrogens (tertiary/aromatic N) is 1. The number of pyridine rings is 1. The van der Waals surface area contributed by atoms with Crippen LogP contribution in [-0.4, -0.2) is 11.5 Å². The van der Waals surface area contributed by atoms with Crippen LogP contribution in [0.5, 0.6) is 0 Å². The van der Waals surface area contributed by atoms with E-state index in [1.54, 1.807) is 18.5 Å². The van der Waals surface area contributed by atoms with Gasteiger partial charge in [0.1, 0.15) is 5.82 Å². The Hall–Kier alpha value is -1.74. The predicted molar refractivity (Wildman–Crippen MR) is 70.8 cm³/mol. The lowest BCUT2D eigenvalue weighted by Crippen LogP contribution is -2.12. The topological polar surface area (TPSA) is 24.9 Å². The zero-order valence-corrected chi connectivity index (χ0v) is 10.5. The first-order chi connectivity index (χ1) is 8.79. The van der Waals surface area contributed by atoms with Crippen LogP contribution in [0.15, 0.2) is 42.7 Å². The van der Waals surface area contributed by atoms with Crippen LogP contribution in [0.4, 0.5) is 4.39 Å². The van der Waals surface area contributed by atoms with Gasteiger partial charge in [0.2, 0.25) is 0 Å². The maximum Gasteiger partial charge on any atom is 0.127 e. The average Bonchev–Trinajstić information content (AvgIpc) is 2.40. The van der Waals surface area contributed by atoms with Gasteiger partial charge in [0.15, 0.2) is 0 Å². The molecule has 2 nitrogen and oxygen atoms in total. The first kappa shape index (κ1) is 12.7. The molecule has 0 saturated carbocycles. The van der Waals surface area contributed by atoms with Gasteiger partial charge in [0.05, 0.1) is 0 Å². The molecule has 2 rings (SSSR count). The van der Waals surface area contributed by atoms with Gasteiger partial charge in [0, 0.05) is 25.4 Å². The molecule has 0 aliphatic heterocycles. The minimum Gasteiger partial charge on any atom is -0.313 e. The molecule has 3 heteroatoms. The monoisotopic (exact) mass is 244 g/mol. The molecule has 0 spiro atoms. The number of benzene rings is 1. The summed E-state index contributed by atoms with van der Waals surface area (Å²) >= 11 is 0. The smallest absolute Gasteiger partial charge is 0.127 e. The minimum atomic E-state index is -0.144. The molecule has 1 aromatic carbocycles. The van der Waals surface area contributed by atoms with Crippen molar-refractivity contribution in [3.05, 3.63) is 65.2 Å². The summed E-state index contributed by atoms with van der Waals surface area (Å²) in [7, 11) is 0. The van der Waals surface area contributed by atoms with Crippen molar-refractivity contribution in [2.24, 2.45) is 0 Å². The van der Waals surface area contributed by atoms with Crippen LogP contribution in [0.3, 0.4) is 0 Å². The second-order valence-corrected chi connectivity index (χ2v) is 4.24. The van der Waals surface area contributed by atoms with Crippen molar-refractivity contribution >= 4 is 0 Å². The van der Waals surface area contributed by atoms with Gasteiger partial charge in [0.25, 0.3) is 0 Å². The molecule has 0 saturated heterocycles. The van der Waals surface area contributed by atoms with Crippen LogP contribution >= 0.6 is 0 Å². The van der Waals surface area contributed by atoms with E-state index in [2.05, 4.69) is 10.3 Å². The SMILES string of the molecule is CCNCc1ccc(Cc2cccnc2)c(F)c1. The van der Waals surface area contributed by atoms with Crippen LogP contribution in [0.25, 0.3) is 0 Å². The maximum atomic E-state index is 13.9. The van der Waals surface area contributed by atoms with E-state index in [-0.39, 0.29) is 5.82 Å². The number of rotatable bonds is 5. The average molecular weight is 244 g/mol. The van der Waals surface area contributed by atoms with Crippen molar-refractivity contribution in [3.63, 3.8) is 0 Å². The Morgan fingerprint density at radius 2 is 2.11 bits per heavy atom. The highest BCUT2D eigenvalue weighted by Crippen LogP contribution is 2.14. The predicted octanol–water partition coefficient (Wildman–Crippen LogP) is 2.92. The van der Waals surface area contributed by atoms with Crippen molar-refractivity contribution in [2.45, 2.75) is 19.9 Å². The Bertz CT molecular complexity index is 497. The van der Waals surface area contributed by atoms with Crippen molar-refractivity contribution in [1.29, 1.82) is 0 Å². The molecule has 1 heterocycles. The summed E-state index contributed by atoms with van der Waals surface area (Å²) < 4.78 is 13.9. The molecule has 0 fully saturated rings. The molecule has 0 aliphatic rings. The second-order valence-electron chi connectivity index (χ2n) is 4.24. The number of hydrogen-bond acceptors (Lipinski definition) is 2. The van der Waals surface area contributed by atoms with Crippen LogP contribution in [-0.2, 0) is 13.0 Å². The standard InChI is InChI=1S/C15H17FN2/c1-2-17-10-13-5-6-14(15(16)9-13)8-12-4-3-7-18-11-12/h3-7,9,11,17H,2,8,10H2,1H3. The molecule has 0 radical (unpaired) electrons. The van der Waals surface area contributed by atoms with Crippen molar-refractivity contribution in [1.82, 2.24) is 10.3 Å². The summed E-state index contributed by atoms with van der Waals surface area (Å²) in [4.78, 5) is 4.04. The third-order valence-electron chi connectivity index (χ3n) is 2.81. The molecule has 0 amide bonds. The Labute approximate surface area is 107 Å². The van der Waals surface area contributed by atoms with Crippen LogP contribution < -0.4 is 5.32 Å². The summed E-state index contributed by atoms with van der Waals surface area (Å²) in [6, 6.07) is 9.26. The summed E-state index contributed by atoms with van der Waals surface area (Å²) in [5.41, 5.74) is 2.71. The number of hydrogen-bond donors (Lipinski definition) is 1. The third-order valence-corrected chi connectivity index (χ3v) is 2.81. The van der Waals surface area contributed by atoms with E-state index in [1.807, 2.05) is 31.2 Å². The summed E-state index contributed by atoms with van der Waals surface area (Å²) in [5, 5.41) is 3.18. The largest absolute Gasteiger partial charge is 0.313 e. The molecule has 0 unspecified atom stereocenters. The Kier molecular flexibility index (Phi) is 4.42. The van der Waals surface area contributed by atoms with Gasteiger partial charge >= 0.3 is 0 Å². The fourth-order valence-corrected chi connectivity index (χ4v) is 1.84. The van der Waals surface area contributed by atoms with Crippen LogP contribution in [0, 0.1) is 5.82 Å². The van der Waals surface area contributed by atoms with Crippen molar-refractivity contribution in [3.8, 4) is 0 Å². The number of nitrogens with one attached hydrogen (secondary N) is 1. The van der Waals surface area contributed by atoms with Gasteiger partial charge in [-0.15, -0.1) is 0 Å². The zero-order valence-electron chi connectivity index (χ0n) is 10.5. The summed E-state index contributed by atoms with van der Waals surface area (Å²) in [6.45, 7) is 3.63. The zero-order chi connectivity index (χ0) is 12.8. The molecular formula is C15H17FN2. The van der Waals surface area contributed by atoms with Crippen LogP contribution in [0.1, 0.15) is 23.6 Å². The molecule has 18 heavy (non-hydrogen) atoms. The highest BCUT2D eigenvalue weighted by molar-refractivity contribution is 5.29. The van der Waals surface area contributed by atoms with E-state index in [0.717, 1.165) is 17.7 Å². The normalized spacial score (nSPS) is 10.6. The third kappa shape index (κ3) is 3.37. The maximum absolute atomic E-state index is 13.9. The first-order valence-electron chi connectivity index (χ1n) is 6.16. The van der Waals surface area contributed by atoms with Gasteiger partial charge in [-0.2, -0.15) is 0 Å². The number of aromatic nitrogens is 1. The lowest BCUT2D eigenvalue weighted by molar-refractivity contribution is 0.608. The summed E-state index contributed by atoms with van der Waals surface area (Å²) in [6.07, 6.45) is 4.08. The molecule has 2 aromatic rings. The Morgan fingerprint density at radius 1 is 1.22 bits per heavy atom. The highest BCUT2D eigenvalue weighted by atomic mass is 19.1. The highest BCUT2D eigenvalue weighted by Gasteiger charge is 2.04. The Balaban J connectivity index is 2.10. The fourth-order valence-electron chi connectivity index (χ4n) is 1.84. The number of halogens is 1. The van der Waals surface area contributed by atoms with E-state index in [0.29, 0.717) is 18.5 Å². The van der Waals surface area contributed by atoms with Crippen LogP contribution in [0.2, 0.25) is 0 Å². The van der Waals surface area contributed by atoms with Gasteiger partial charge in [-0.05, 0) is 35.4 Å². The Morgan fingerprint density at radius 3 is 2.78 bits per heavy atom. The molecule has 94 valence electrons. The van der Waals surface area contributed by atoms with Gasteiger partial charge in [-0.3, -0.25) is 4.98 Å². The minimum absolute atomic E-state index is 0.144. The first-order valence-corrected chi connectivity index (χ1v) is 6.16. The lowest BCUT2D eigenvalue weighted by Gasteiger charge is -2.07. The van der Waals surface area contributed by atoms with Crippen molar-refractivity contribution in [2.75, 3.05) is 6.54 Å². The quantitative estimate of drug-likeness (QED) is 0.874. The molecule has 0 bridgehead atoms. The van der Waals surface area contributed by atoms with Gasteiger partial charge in [-0.1, -0.05) is 25.1 Å². The fraction of sp³-hybridized carbons (Fsp3) is 0.267. The van der Waals surface area contributed by atoms with Gasteiger partial charge < -0.3 is 5.32 Å². The van der Waals surface area contributed by atoms with Crippen molar-refractivity contribution < 1.29 is 4.39 Å². The molecule has 1 N–H and O–H groups in total. The summed E-state index contributed by atoms with van der Waals surface area (Å²) in [5.74, 6) is -0.144.